The number of hydrogen-bond donors (Lipinski definition) is 2. The summed E-state index contributed by atoms with van der Waals surface area (Å²) in [6.07, 6.45) is 0.985. The summed E-state index contributed by atoms with van der Waals surface area (Å²) < 4.78 is 13.4. The average molecular weight is 449 g/mol. The van der Waals surface area contributed by atoms with E-state index in [1.807, 2.05) is 36.4 Å². The van der Waals surface area contributed by atoms with Gasteiger partial charge in [0.05, 0.1) is 10.6 Å². The molecule has 1 saturated heterocycles. The number of nitrogens with zero attached hydrogens (tertiary/aromatic N) is 1. The van der Waals surface area contributed by atoms with E-state index in [-0.39, 0.29) is 29.9 Å². The number of halogens is 3. The number of carbonyl (C=O) groups excluding carboxylic acids is 1. The van der Waals surface area contributed by atoms with Crippen molar-refractivity contribution in [2.24, 2.45) is 5.73 Å². The van der Waals surface area contributed by atoms with Gasteiger partial charge in [-0.1, -0.05) is 35.9 Å². The van der Waals surface area contributed by atoms with E-state index in [9.17, 15) is 14.3 Å². The Kier molecular flexibility index (Phi) is 6.68. The molecule has 1 aliphatic rings. The number of benzene rings is 3. The Morgan fingerprint density at radius 3 is 2.30 bits per heavy atom. The molecular weight excluding hydrogens is 426 g/mol. The van der Waals surface area contributed by atoms with Gasteiger partial charge in [-0.05, 0) is 65.1 Å². The molecule has 30 heavy (non-hydrogen) atoms. The van der Waals surface area contributed by atoms with Gasteiger partial charge in [0.25, 0.3) is 5.91 Å². The van der Waals surface area contributed by atoms with Crippen molar-refractivity contribution in [1.29, 1.82) is 0 Å². The SMILES string of the molecule is Cl.NCC1(O)CCN(C(=O)c2ccc3cc(-c4ccc(F)c(Cl)c4)ccc3c2)CC1. The lowest BCUT2D eigenvalue weighted by Gasteiger charge is -2.37. The van der Waals surface area contributed by atoms with E-state index in [0.29, 0.717) is 31.5 Å². The summed E-state index contributed by atoms with van der Waals surface area (Å²) in [6, 6.07) is 16.1. The Morgan fingerprint density at radius 1 is 1.03 bits per heavy atom. The zero-order valence-electron chi connectivity index (χ0n) is 16.3. The van der Waals surface area contributed by atoms with Gasteiger partial charge in [-0.3, -0.25) is 4.79 Å². The van der Waals surface area contributed by atoms with Crippen LogP contribution >= 0.6 is 24.0 Å². The Balaban J connectivity index is 0.00000256. The minimum atomic E-state index is -0.861. The molecule has 0 saturated carbocycles. The average Bonchev–Trinajstić information content (AvgIpc) is 2.75. The summed E-state index contributed by atoms with van der Waals surface area (Å²) in [7, 11) is 0. The summed E-state index contributed by atoms with van der Waals surface area (Å²) in [6.45, 7) is 1.20. The number of likely N-dealkylation sites (tertiary alicyclic amines) is 1. The number of hydrogen-bond acceptors (Lipinski definition) is 3. The van der Waals surface area contributed by atoms with E-state index >= 15 is 0 Å². The lowest BCUT2D eigenvalue weighted by atomic mass is 9.91. The van der Waals surface area contributed by atoms with E-state index in [1.165, 1.54) is 6.07 Å². The molecule has 7 heteroatoms. The van der Waals surface area contributed by atoms with Gasteiger partial charge in [-0.2, -0.15) is 0 Å². The van der Waals surface area contributed by atoms with Crippen LogP contribution in [0.3, 0.4) is 0 Å². The fraction of sp³-hybridized carbons (Fsp3) is 0.261. The largest absolute Gasteiger partial charge is 0.388 e. The molecule has 4 rings (SSSR count). The molecule has 1 heterocycles. The summed E-state index contributed by atoms with van der Waals surface area (Å²) in [5, 5.41) is 12.3. The Bertz CT molecular complexity index is 1080. The predicted octanol–water partition coefficient (Wildman–Crippen LogP) is 4.65. The lowest BCUT2D eigenvalue weighted by Crippen LogP contribution is -2.50. The number of fused-ring (bicyclic) bond motifs is 1. The van der Waals surface area contributed by atoms with Crippen LogP contribution in [0.2, 0.25) is 5.02 Å². The third kappa shape index (κ3) is 4.44. The molecule has 0 spiro atoms. The Labute approximate surface area is 185 Å². The summed E-state index contributed by atoms with van der Waals surface area (Å²) in [5.41, 5.74) is 7.14. The van der Waals surface area contributed by atoms with Crippen LogP contribution in [-0.2, 0) is 0 Å². The number of piperidine rings is 1. The molecule has 0 aliphatic carbocycles. The number of carbonyl (C=O) groups is 1. The minimum Gasteiger partial charge on any atom is -0.388 e. The third-order valence-electron chi connectivity index (χ3n) is 5.70. The maximum Gasteiger partial charge on any atom is 0.253 e. The lowest BCUT2D eigenvalue weighted by molar-refractivity contribution is -0.00951. The van der Waals surface area contributed by atoms with E-state index in [4.69, 9.17) is 17.3 Å². The molecular formula is C23H23Cl2FN2O2. The topological polar surface area (TPSA) is 66.6 Å². The van der Waals surface area contributed by atoms with Gasteiger partial charge in [0.1, 0.15) is 5.82 Å². The maximum atomic E-state index is 13.4. The first kappa shape index (κ1) is 22.5. The van der Waals surface area contributed by atoms with Gasteiger partial charge in [-0.25, -0.2) is 4.39 Å². The van der Waals surface area contributed by atoms with Crippen LogP contribution in [-0.4, -0.2) is 41.1 Å². The molecule has 1 aliphatic heterocycles. The molecule has 1 fully saturated rings. The van der Waals surface area contributed by atoms with E-state index < -0.39 is 11.4 Å². The molecule has 3 aromatic rings. The molecule has 1 amide bonds. The van der Waals surface area contributed by atoms with Gasteiger partial charge in [0.2, 0.25) is 0 Å². The zero-order chi connectivity index (χ0) is 20.6. The first-order valence-corrected chi connectivity index (χ1v) is 9.97. The molecule has 0 bridgehead atoms. The number of nitrogens with two attached hydrogens (primary N) is 1. The van der Waals surface area contributed by atoms with Gasteiger partial charge < -0.3 is 15.7 Å². The molecule has 4 nitrogen and oxygen atoms in total. The number of aliphatic hydroxyl groups is 1. The fourth-order valence-electron chi connectivity index (χ4n) is 3.75. The molecule has 3 N–H and O–H groups in total. The molecule has 158 valence electrons. The van der Waals surface area contributed by atoms with Gasteiger partial charge in [0.15, 0.2) is 0 Å². The summed E-state index contributed by atoms with van der Waals surface area (Å²) in [4.78, 5) is 14.6. The van der Waals surface area contributed by atoms with Crippen molar-refractivity contribution in [3.63, 3.8) is 0 Å². The van der Waals surface area contributed by atoms with Crippen LogP contribution < -0.4 is 5.73 Å². The van der Waals surface area contributed by atoms with Crippen LogP contribution in [0.25, 0.3) is 21.9 Å². The Hall–Kier alpha value is -2.18. The van der Waals surface area contributed by atoms with E-state index in [2.05, 4.69) is 0 Å². The minimum absolute atomic E-state index is 0. The van der Waals surface area contributed by atoms with E-state index in [1.54, 1.807) is 17.0 Å². The maximum absolute atomic E-state index is 13.4. The standard InChI is InChI=1S/C23H22ClFN2O2.ClH/c24-20-13-18(5-6-21(20)25)16-1-2-17-12-19(4-3-15(17)11-16)22(28)27-9-7-23(29,14-26)8-10-27;/h1-6,11-13,29H,7-10,14,26H2;1H. The summed E-state index contributed by atoms with van der Waals surface area (Å²) >= 11 is 5.90. The van der Waals surface area contributed by atoms with E-state index in [0.717, 1.165) is 21.9 Å². The molecule has 0 aromatic heterocycles. The summed E-state index contributed by atoms with van der Waals surface area (Å²) in [5.74, 6) is -0.484. The fourth-order valence-corrected chi connectivity index (χ4v) is 3.93. The quantitative estimate of drug-likeness (QED) is 0.612. The second-order valence-electron chi connectivity index (χ2n) is 7.63. The second-order valence-corrected chi connectivity index (χ2v) is 8.03. The number of amides is 1. The van der Waals surface area contributed by atoms with Crippen molar-refractivity contribution in [1.82, 2.24) is 4.90 Å². The molecule has 0 unspecified atom stereocenters. The van der Waals surface area contributed by atoms with Crippen LogP contribution in [0, 0.1) is 5.82 Å². The van der Waals surface area contributed by atoms with Crippen molar-refractivity contribution < 1.29 is 14.3 Å². The molecule has 0 atom stereocenters. The van der Waals surface area contributed by atoms with Gasteiger partial charge >= 0.3 is 0 Å². The first-order valence-electron chi connectivity index (χ1n) is 9.59. The smallest absolute Gasteiger partial charge is 0.253 e. The van der Waals surface area contributed by atoms with Crippen molar-refractivity contribution in [3.8, 4) is 11.1 Å². The molecule has 3 aromatic carbocycles. The molecule has 0 radical (unpaired) electrons. The normalized spacial score (nSPS) is 15.7. The van der Waals surface area contributed by atoms with Crippen LogP contribution in [0.15, 0.2) is 54.6 Å². The van der Waals surface area contributed by atoms with Crippen molar-refractivity contribution in [2.45, 2.75) is 18.4 Å². The highest BCUT2D eigenvalue weighted by molar-refractivity contribution is 6.31. The zero-order valence-corrected chi connectivity index (χ0v) is 17.8. The monoisotopic (exact) mass is 448 g/mol. The first-order chi connectivity index (χ1) is 13.9. The predicted molar refractivity (Wildman–Crippen MR) is 121 cm³/mol. The Morgan fingerprint density at radius 2 is 1.63 bits per heavy atom. The van der Waals surface area contributed by atoms with Gasteiger partial charge in [-0.15, -0.1) is 12.4 Å². The van der Waals surface area contributed by atoms with Crippen LogP contribution in [0.1, 0.15) is 23.2 Å². The van der Waals surface area contributed by atoms with Gasteiger partial charge in [0, 0.05) is 25.2 Å². The highest BCUT2D eigenvalue weighted by Crippen LogP contribution is 2.29. The van der Waals surface area contributed by atoms with Crippen molar-refractivity contribution >= 4 is 40.7 Å². The number of rotatable bonds is 3. The van der Waals surface area contributed by atoms with Crippen molar-refractivity contribution in [3.05, 3.63) is 71.0 Å². The third-order valence-corrected chi connectivity index (χ3v) is 5.99. The highest BCUT2D eigenvalue weighted by Gasteiger charge is 2.32. The van der Waals surface area contributed by atoms with Crippen LogP contribution in [0.5, 0.6) is 0 Å². The van der Waals surface area contributed by atoms with Crippen molar-refractivity contribution in [2.75, 3.05) is 19.6 Å². The van der Waals surface area contributed by atoms with Crippen LogP contribution in [0.4, 0.5) is 4.39 Å². The second kappa shape index (κ2) is 8.90. The highest BCUT2D eigenvalue weighted by atomic mass is 35.5.